The van der Waals surface area contributed by atoms with E-state index in [0.29, 0.717) is 0 Å². The zero-order valence-corrected chi connectivity index (χ0v) is 12.3. The van der Waals surface area contributed by atoms with Crippen molar-refractivity contribution < 1.29 is 0 Å². The van der Waals surface area contributed by atoms with Gasteiger partial charge in [-0.2, -0.15) is 0 Å². The molecule has 0 saturated heterocycles. The quantitative estimate of drug-likeness (QED) is 0.606. The molecule has 2 aromatic heterocycles. The maximum absolute atomic E-state index is 3.58. The largest absolute Gasteiger partial charge is 0.154 e. The van der Waals surface area contributed by atoms with Crippen LogP contribution < -0.4 is 4.78 Å². The van der Waals surface area contributed by atoms with Gasteiger partial charge in [-0.3, -0.25) is 0 Å². The first-order valence-electron chi connectivity index (χ1n) is 3.13. The van der Waals surface area contributed by atoms with Crippen molar-refractivity contribution in [3.63, 3.8) is 0 Å². The number of hydrogen-bond acceptors (Lipinski definition) is 2. The Balaban J connectivity index is 2.93. The van der Waals surface area contributed by atoms with Crippen molar-refractivity contribution >= 4 is 92.5 Å². The number of fused-ring (bicyclic) bond motifs is 1. The van der Waals surface area contributed by atoms with Crippen LogP contribution in [-0.2, 0) is 0 Å². The van der Waals surface area contributed by atoms with Crippen molar-refractivity contribution in [2.75, 3.05) is 0 Å². The first kappa shape index (κ1) is 9.71. The molecule has 0 nitrogen and oxygen atoms in total. The minimum Gasteiger partial charge on any atom is -0.148 e. The molecule has 0 N–H and O–H groups in total. The molecule has 0 radical (unpaired) electrons. The number of hydrogen-bond donors (Lipinski definition) is 0. The van der Waals surface area contributed by atoms with Gasteiger partial charge in [0, 0.05) is 4.47 Å². The fourth-order valence-corrected chi connectivity index (χ4v) is 5.48. The highest BCUT2D eigenvalue weighted by atomic mass is 79.9. The van der Waals surface area contributed by atoms with Gasteiger partial charge >= 0.3 is 0 Å². The summed E-state index contributed by atoms with van der Waals surface area (Å²) in [5.41, 5.74) is 0. The van der Waals surface area contributed by atoms with Crippen molar-refractivity contribution in [1.82, 2.24) is 0 Å². The van der Waals surface area contributed by atoms with Crippen molar-refractivity contribution in [3.05, 3.63) is 12.7 Å². The lowest BCUT2D eigenvalue weighted by Crippen LogP contribution is -1.93. The van der Waals surface area contributed by atoms with E-state index in [0.717, 1.165) is 0 Å². The Bertz CT molecular complexity index is 403. The zero-order valence-electron chi connectivity index (χ0n) is 5.95. The topological polar surface area (TPSA) is 0 Å². The molecule has 0 fully saturated rings. The predicted molar refractivity (Wildman–Crippen MR) is 71.0 cm³/mol. The second-order valence-corrected chi connectivity index (χ2v) is 7.47. The summed E-state index contributed by atoms with van der Waals surface area (Å²) in [7, 11) is 2.13. The van der Waals surface area contributed by atoms with Gasteiger partial charge in [0.15, 0.2) is 7.85 Å². The van der Waals surface area contributed by atoms with Crippen molar-refractivity contribution in [3.8, 4) is 0 Å². The van der Waals surface area contributed by atoms with Crippen LogP contribution in [0.25, 0.3) is 9.40 Å². The van der Waals surface area contributed by atoms with Crippen LogP contribution in [0.2, 0.25) is 0 Å². The molecule has 12 heavy (non-hydrogen) atoms. The van der Waals surface area contributed by atoms with Crippen molar-refractivity contribution in [2.45, 2.75) is 0 Å². The van der Waals surface area contributed by atoms with Crippen molar-refractivity contribution in [1.29, 1.82) is 0 Å². The summed E-state index contributed by atoms with van der Waals surface area (Å²) in [5.74, 6) is 0. The van der Waals surface area contributed by atoms with E-state index in [9.17, 15) is 0 Å². The second-order valence-electron chi connectivity index (χ2n) is 2.32. The van der Waals surface area contributed by atoms with Gasteiger partial charge in [0.1, 0.15) is 0 Å². The minimum absolute atomic E-state index is 1.17. The standard InChI is InChI=1S/C6H2BBr3S2/c7-5-1(8)3-4(11-5)2(9)6(10)12-3/h7H2. The molecule has 0 aliphatic rings. The molecule has 0 bridgehead atoms. The van der Waals surface area contributed by atoms with E-state index in [1.165, 1.54) is 26.9 Å². The van der Waals surface area contributed by atoms with Crippen LogP contribution in [0.1, 0.15) is 0 Å². The van der Waals surface area contributed by atoms with Gasteiger partial charge in [-0.25, -0.2) is 0 Å². The summed E-state index contributed by atoms with van der Waals surface area (Å²) < 4.78 is 7.58. The number of halogens is 3. The Morgan fingerprint density at radius 3 is 2.08 bits per heavy atom. The van der Waals surface area contributed by atoms with Crippen molar-refractivity contribution in [2.24, 2.45) is 0 Å². The first-order valence-corrected chi connectivity index (χ1v) is 7.15. The van der Waals surface area contributed by atoms with E-state index in [4.69, 9.17) is 0 Å². The van der Waals surface area contributed by atoms with E-state index < -0.39 is 0 Å². The lowest BCUT2D eigenvalue weighted by molar-refractivity contribution is 1.98. The SMILES string of the molecule is Bc1sc2c(Br)c(Br)sc2c1Br. The molecular weight excluding hydrogens is 387 g/mol. The Kier molecular flexibility index (Phi) is 2.74. The van der Waals surface area contributed by atoms with Crippen LogP contribution in [0.4, 0.5) is 0 Å². The maximum Gasteiger partial charge on any atom is 0.154 e. The Hall–Kier alpha value is 1.16. The van der Waals surface area contributed by atoms with Crippen LogP contribution in [0.15, 0.2) is 12.7 Å². The smallest absolute Gasteiger partial charge is 0.148 e. The lowest BCUT2D eigenvalue weighted by Gasteiger charge is -1.84. The highest BCUT2D eigenvalue weighted by Crippen LogP contribution is 2.44. The van der Waals surface area contributed by atoms with Crippen LogP contribution in [0.3, 0.4) is 0 Å². The molecule has 62 valence electrons. The lowest BCUT2D eigenvalue weighted by atomic mass is 10.1. The normalized spacial score (nSPS) is 11.2. The summed E-state index contributed by atoms with van der Waals surface area (Å²) in [6, 6.07) is 0. The average Bonchev–Trinajstić information content (AvgIpc) is 2.43. The van der Waals surface area contributed by atoms with E-state index in [1.54, 1.807) is 11.3 Å². The van der Waals surface area contributed by atoms with Gasteiger partial charge in [0.05, 0.1) is 17.7 Å². The molecule has 0 unspecified atom stereocenters. The summed E-state index contributed by atoms with van der Waals surface area (Å²) in [6.07, 6.45) is 0. The van der Waals surface area contributed by atoms with Crippen LogP contribution in [0, 0.1) is 0 Å². The Labute approximate surface area is 104 Å². The molecule has 0 atom stereocenters. The minimum atomic E-state index is 1.17. The first-order chi connectivity index (χ1) is 5.61. The Morgan fingerprint density at radius 2 is 1.50 bits per heavy atom. The highest BCUT2D eigenvalue weighted by molar-refractivity contribution is 9.13. The van der Waals surface area contributed by atoms with Crippen LogP contribution in [-0.4, -0.2) is 7.85 Å². The molecule has 2 rings (SSSR count). The highest BCUT2D eigenvalue weighted by Gasteiger charge is 2.14. The van der Waals surface area contributed by atoms with Gasteiger partial charge in [-0.05, 0) is 52.6 Å². The summed E-state index contributed by atoms with van der Waals surface area (Å²) >= 11 is 14.2. The van der Waals surface area contributed by atoms with Gasteiger partial charge in [-0.15, -0.1) is 22.7 Å². The zero-order chi connectivity index (χ0) is 8.88. The summed E-state index contributed by atoms with van der Waals surface area (Å²) in [6.45, 7) is 0. The average molecular weight is 389 g/mol. The molecule has 6 heteroatoms. The summed E-state index contributed by atoms with van der Waals surface area (Å²) in [4.78, 5) is 0. The Morgan fingerprint density at radius 1 is 0.917 bits per heavy atom. The van der Waals surface area contributed by atoms with E-state index in [1.807, 2.05) is 11.3 Å². The molecule has 0 aliphatic heterocycles. The number of rotatable bonds is 0. The molecular formula is C6H2BBr3S2. The van der Waals surface area contributed by atoms with Gasteiger partial charge in [0.25, 0.3) is 0 Å². The van der Waals surface area contributed by atoms with E-state index in [-0.39, 0.29) is 0 Å². The maximum atomic E-state index is 3.58. The number of thiophene rings is 2. The van der Waals surface area contributed by atoms with Gasteiger partial charge in [0.2, 0.25) is 0 Å². The molecule has 0 aromatic carbocycles. The van der Waals surface area contributed by atoms with E-state index in [2.05, 4.69) is 55.6 Å². The molecule has 0 amide bonds. The molecule has 0 saturated carbocycles. The molecule has 0 spiro atoms. The second kappa shape index (κ2) is 3.39. The van der Waals surface area contributed by atoms with Gasteiger partial charge in [-0.1, -0.05) is 0 Å². The third kappa shape index (κ3) is 1.36. The van der Waals surface area contributed by atoms with Crippen LogP contribution >= 0.6 is 70.5 Å². The molecule has 0 aliphatic carbocycles. The van der Waals surface area contributed by atoms with Crippen LogP contribution in [0.5, 0.6) is 0 Å². The molecule has 2 heterocycles. The summed E-state index contributed by atoms with van der Waals surface area (Å²) in [5, 5.41) is 0. The monoisotopic (exact) mass is 386 g/mol. The predicted octanol–water partition coefficient (Wildman–Crippen LogP) is 3.51. The third-order valence-electron chi connectivity index (χ3n) is 1.53. The van der Waals surface area contributed by atoms with E-state index >= 15 is 0 Å². The fraction of sp³-hybridized carbons (Fsp3) is 0. The fourth-order valence-electron chi connectivity index (χ4n) is 0.963. The van der Waals surface area contributed by atoms with Gasteiger partial charge < -0.3 is 0 Å². The third-order valence-corrected chi connectivity index (χ3v) is 8.03. The molecule has 2 aromatic rings.